The van der Waals surface area contributed by atoms with Crippen molar-refractivity contribution in [3.63, 3.8) is 0 Å². The summed E-state index contributed by atoms with van der Waals surface area (Å²) >= 11 is 0. The standard InChI is InChI=1S/C28H40O3/c1-19(2)9-11-23-17-25(18-24(26(23)30-8)12-10-20(3)4)27(29)31-28(21(5)6)15-13-22(7)14-16-28/h9-10,13,17-18,21H,11-12,14-16H2,1-8H3/t28-/m0/s1. The number of allylic oxidation sites excluding steroid dienone is 5. The summed E-state index contributed by atoms with van der Waals surface area (Å²) < 4.78 is 12.0. The maximum Gasteiger partial charge on any atom is 0.338 e. The lowest BCUT2D eigenvalue weighted by Gasteiger charge is -2.39. The minimum Gasteiger partial charge on any atom is -0.496 e. The number of rotatable bonds is 8. The minimum atomic E-state index is -0.434. The van der Waals surface area contributed by atoms with Crippen LogP contribution in [0.15, 0.2) is 47.1 Å². The molecule has 1 aromatic rings. The fraction of sp³-hybridized carbons (Fsp3) is 0.536. The van der Waals surface area contributed by atoms with Crippen molar-refractivity contribution >= 4 is 5.97 Å². The minimum absolute atomic E-state index is 0.235. The molecule has 0 radical (unpaired) electrons. The predicted molar refractivity (Wildman–Crippen MR) is 130 cm³/mol. The molecule has 0 aromatic heterocycles. The van der Waals surface area contributed by atoms with E-state index in [9.17, 15) is 4.79 Å². The molecule has 1 aliphatic rings. The van der Waals surface area contributed by atoms with Gasteiger partial charge in [0.25, 0.3) is 0 Å². The van der Waals surface area contributed by atoms with Crippen LogP contribution in [0.4, 0.5) is 0 Å². The highest BCUT2D eigenvalue weighted by molar-refractivity contribution is 5.90. The number of benzene rings is 1. The van der Waals surface area contributed by atoms with Crippen LogP contribution in [0, 0.1) is 5.92 Å². The number of carbonyl (C=O) groups excluding carboxylic acids is 1. The molecule has 0 unspecified atom stereocenters. The highest BCUT2D eigenvalue weighted by atomic mass is 16.6. The normalized spacial score (nSPS) is 18.3. The largest absolute Gasteiger partial charge is 0.496 e. The van der Waals surface area contributed by atoms with Gasteiger partial charge < -0.3 is 9.47 Å². The molecule has 1 atom stereocenters. The van der Waals surface area contributed by atoms with Crippen LogP contribution < -0.4 is 4.74 Å². The van der Waals surface area contributed by atoms with Gasteiger partial charge in [0.15, 0.2) is 0 Å². The SMILES string of the molecule is COc1c(CC=C(C)C)cc(C(=O)O[C@@]2(C(C)C)CC=C(C)CC2)cc1CC=C(C)C. The summed E-state index contributed by atoms with van der Waals surface area (Å²) in [6.07, 6.45) is 10.7. The zero-order valence-electron chi connectivity index (χ0n) is 20.7. The molecule has 3 nitrogen and oxygen atoms in total. The van der Waals surface area contributed by atoms with Gasteiger partial charge in [-0.2, -0.15) is 0 Å². The molecule has 0 saturated carbocycles. The molecule has 31 heavy (non-hydrogen) atoms. The maximum atomic E-state index is 13.4. The second-order valence-electron chi connectivity index (χ2n) is 9.66. The monoisotopic (exact) mass is 424 g/mol. The molecule has 0 amide bonds. The van der Waals surface area contributed by atoms with Crippen LogP contribution in [0.5, 0.6) is 5.75 Å². The van der Waals surface area contributed by atoms with Crippen LogP contribution in [-0.4, -0.2) is 18.7 Å². The van der Waals surface area contributed by atoms with Crippen LogP contribution in [0.2, 0.25) is 0 Å². The molecular formula is C28H40O3. The summed E-state index contributed by atoms with van der Waals surface area (Å²) in [5.41, 5.74) is 6.08. The fourth-order valence-corrected chi connectivity index (χ4v) is 4.00. The Kier molecular flexibility index (Phi) is 8.73. The van der Waals surface area contributed by atoms with Crippen molar-refractivity contribution in [2.75, 3.05) is 7.11 Å². The summed E-state index contributed by atoms with van der Waals surface area (Å²) in [6.45, 7) is 14.8. The summed E-state index contributed by atoms with van der Waals surface area (Å²) in [7, 11) is 1.70. The van der Waals surface area contributed by atoms with Gasteiger partial charge in [-0.3, -0.25) is 0 Å². The van der Waals surface area contributed by atoms with Gasteiger partial charge in [0.05, 0.1) is 12.7 Å². The average Bonchev–Trinajstić information content (AvgIpc) is 2.71. The molecule has 0 aliphatic heterocycles. The Morgan fingerprint density at radius 3 is 2.00 bits per heavy atom. The lowest BCUT2D eigenvalue weighted by Crippen LogP contribution is -2.41. The van der Waals surface area contributed by atoms with E-state index in [4.69, 9.17) is 9.47 Å². The second kappa shape index (κ2) is 10.8. The number of methoxy groups -OCH3 is 1. The number of carbonyl (C=O) groups is 1. The van der Waals surface area contributed by atoms with Crippen molar-refractivity contribution in [2.24, 2.45) is 5.92 Å². The van der Waals surface area contributed by atoms with Crippen molar-refractivity contribution in [1.82, 2.24) is 0 Å². The molecule has 0 fully saturated rings. The van der Waals surface area contributed by atoms with Crippen molar-refractivity contribution in [3.05, 3.63) is 63.8 Å². The third kappa shape index (κ3) is 6.59. The average molecular weight is 425 g/mol. The van der Waals surface area contributed by atoms with E-state index in [1.165, 1.54) is 16.7 Å². The highest BCUT2D eigenvalue weighted by Crippen LogP contribution is 2.38. The molecule has 3 heteroatoms. The third-order valence-corrected chi connectivity index (χ3v) is 6.23. The first kappa shape index (κ1) is 25.0. The van der Waals surface area contributed by atoms with Gasteiger partial charge >= 0.3 is 5.97 Å². The van der Waals surface area contributed by atoms with E-state index in [0.717, 1.165) is 49.0 Å². The number of hydrogen-bond acceptors (Lipinski definition) is 3. The van der Waals surface area contributed by atoms with Gasteiger partial charge in [-0.15, -0.1) is 0 Å². The molecule has 0 heterocycles. The first-order chi connectivity index (χ1) is 14.6. The molecule has 0 saturated heterocycles. The smallest absolute Gasteiger partial charge is 0.338 e. The Hall–Kier alpha value is -2.29. The lowest BCUT2D eigenvalue weighted by molar-refractivity contribution is -0.0496. The van der Waals surface area contributed by atoms with Crippen molar-refractivity contribution in [2.45, 2.75) is 86.2 Å². The number of esters is 1. The maximum absolute atomic E-state index is 13.4. The van der Waals surface area contributed by atoms with Crippen LogP contribution >= 0.6 is 0 Å². The molecule has 2 rings (SSSR count). The molecule has 170 valence electrons. The highest BCUT2D eigenvalue weighted by Gasteiger charge is 2.39. The molecule has 0 N–H and O–H groups in total. The quantitative estimate of drug-likeness (QED) is 0.322. The number of ether oxygens (including phenoxy) is 2. The Labute approximate surface area is 189 Å². The second-order valence-corrected chi connectivity index (χ2v) is 9.66. The van der Waals surface area contributed by atoms with E-state index in [1.807, 2.05) is 12.1 Å². The van der Waals surface area contributed by atoms with E-state index in [0.29, 0.717) is 5.56 Å². The predicted octanol–water partition coefficient (Wildman–Crippen LogP) is 7.39. The Morgan fingerprint density at radius 1 is 1.06 bits per heavy atom. The van der Waals surface area contributed by atoms with Crippen LogP contribution in [0.1, 0.15) is 89.2 Å². The first-order valence-corrected chi connectivity index (χ1v) is 11.4. The van der Waals surface area contributed by atoms with Crippen LogP contribution in [-0.2, 0) is 17.6 Å². The Balaban J connectivity index is 2.46. The van der Waals surface area contributed by atoms with E-state index in [2.05, 4.69) is 66.7 Å². The van der Waals surface area contributed by atoms with Crippen LogP contribution in [0.25, 0.3) is 0 Å². The zero-order chi connectivity index (χ0) is 23.2. The Bertz CT molecular complexity index is 837. The van der Waals surface area contributed by atoms with Gasteiger partial charge in [0.2, 0.25) is 0 Å². The molecule has 1 aromatic carbocycles. The van der Waals surface area contributed by atoms with Gasteiger partial charge in [-0.05, 0) is 89.5 Å². The molecule has 0 bridgehead atoms. The summed E-state index contributed by atoms with van der Waals surface area (Å²) in [4.78, 5) is 13.4. The summed E-state index contributed by atoms with van der Waals surface area (Å²) in [5.74, 6) is 0.886. The zero-order valence-corrected chi connectivity index (χ0v) is 20.7. The van der Waals surface area contributed by atoms with Crippen molar-refractivity contribution in [1.29, 1.82) is 0 Å². The Morgan fingerprint density at radius 2 is 1.61 bits per heavy atom. The van der Waals surface area contributed by atoms with Gasteiger partial charge in [-0.1, -0.05) is 48.8 Å². The van der Waals surface area contributed by atoms with Crippen molar-refractivity contribution < 1.29 is 14.3 Å². The molecular weight excluding hydrogens is 384 g/mol. The van der Waals surface area contributed by atoms with Gasteiger partial charge in [0, 0.05) is 6.42 Å². The van der Waals surface area contributed by atoms with Gasteiger partial charge in [0.1, 0.15) is 11.4 Å². The topological polar surface area (TPSA) is 35.5 Å². The molecule has 1 aliphatic carbocycles. The lowest BCUT2D eigenvalue weighted by atomic mass is 9.78. The number of hydrogen-bond donors (Lipinski definition) is 0. The van der Waals surface area contributed by atoms with Gasteiger partial charge in [-0.25, -0.2) is 4.79 Å². The molecule has 0 spiro atoms. The summed E-state index contributed by atoms with van der Waals surface area (Å²) in [6, 6.07) is 3.90. The van der Waals surface area contributed by atoms with E-state index in [-0.39, 0.29) is 11.9 Å². The van der Waals surface area contributed by atoms with E-state index >= 15 is 0 Å². The van der Waals surface area contributed by atoms with Crippen LogP contribution in [0.3, 0.4) is 0 Å². The van der Waals surface area contributed by atoms with E-state index < -0.39 is 5.60 Å². The fourth-order valence-electron chi connectivity index (χ4n) is 4.00. The summed E-state index contributed by atoms with van der Waals surface area (Å²) in [5, 5.41) is 0. The third-order valence-electron chi connectivity index (χ3n) is 6.23. The van der Waals surface area contributed by atoms with Crippen molar-refractivity contribution in [3.8, 4) is 5.75 Å². The first-order valence-electron chi connectivity index (χ1n) is 11.4. The van der Waals surface area contributed by atoms with E-state index in [1.54, 1.807) is 7.11 Å².